The van der Waals surface area contributed by atoms with Crippen molar-refractivity contribution in [3.63, 3.8) is 0 Å². The van der Waals surface area contributed by atoms with Gasteiger partial charge in [0.2, 0.25) is 0 Å². The summed E-state index contributed by atoms with van der Waals surface area (Å²) in [5.74, 6) is -1.51. The second kappa shape index (κ2) is 9.57. The Morgan fingerprint density at radius 3 is 2.17 bits per heavy atom. The summed E-state index contributed by atoms with van der Waals surface area (Å²) in [5, 5.41) is 6.99. The van der Waals surface area contributed by atoms with Gasteiger partial charge >= 0.3 is 11.9 Å². The number of carbonyl (C=O) groups excluding carboxylic acids is 1. The molecule has 1 atom stereocenters. The molecule has 0 rings (SSSR count). The molecule has 0 saturated carbocycles. The van der Waals surface area contributed by atoms with E-state index in [1.807, 2.05) is 0 Å². The molecule has 1 unspecified atom stereocenters. The third-order valence-corrected chi connectivity index (χ3v) is 2.31. The fraction of sp³-hybridized carbons (Fsp3) is 0.556. The summed E-state index contributed by atoms with van der Waals surface area (Å²) in [5.41, 5.74) is 4.73. The summed E-state index contributed by atoms with van der Waals surface area (Å²) in [6.07, 6.45) is 1.16. The normalized spacial score (nSPS) is 11.7. The van der Waals surface area contributed by atoms with Crippen molar-refractivity contribution >= 4 is 22.1 Å². The molecule has 0 heterocycles. The lowest BCUT2D eigenvalue weighted by Crippen LogP contribution is -2.25. The van der Waals surface area contributed by atoms with Crippen LogP contribution in [0, 0.1) is 0 Å². The number of rotatable bonds is 6. The Kier molecular flexibility index (Phi) is 10.0. The minimum atomic E-state index is -3.96. The van der Waals surface area contributed by atoms with Gasteiger partial charge in [-0.15, -0.1) is 0 Å². The van der Waals surface area contributed by atoms with E-state index in [0.29, 0.717) is 0 Å². The van der Waals surface area contributed by atoms with E-state index in [1.54, 1.807) is 0 Å². The second-order valence-electron chi connectivity index (χ2n) is 3.09. The van der Waals surface area contributed by atoms with Gasteiger partial charge in [0.25, 0.3) is 10.1 Å². The van der Waals surface area contributed by atoms with Crippen molar-refractivity contribution in [2.24, 2.45) is 5.73 Å². The molecule has 0 radical (unpaired) electrons. The molecule has 0 fully saturated rings. The molecule has 0 aromatic heterocycles. The quantitative estimate of drug-likeness (QED) is 0.344. The van der Waals surface area contributed by atoms with Crippen LogP contribution in [-0.4, -0.2) is 42.0 Å². The summed E-state index contributed by atoms with van der Waals surface area (Å²) in [6.45, 7) is 4.66. The molecule has 9 heteroatoms. The van der Waals surface area contributed by atoms with E-state index in [0.717, 1.165) is 0 Å². The maximum Gasteiger partial charge on any atom is 0.306 e. The molecule has 0 aliphatic carbocycles. The average Bonchev–Trinajstić information content (AvgIpc) is 2.23. The first-order valence-corrected chi connectivity index (χ1v) is 6.31. The molecular weight excluding hydrogens is 266 g/mol. The van der Waals surface area contributed by atoms with Crippen LogP contribution in [0.4, 0.5) is 0 Å². The number of carboxylic acids is 1. The number of hydrogen-bond acceptors (Lipinski definition) is 6. The minimum Gasteiger partial charge on any atom is -0.481 e. The summed E-state index contributed by atoms with van der Waals surface area (Å²) in [6, 6.07) is 0. The van der Waals surface area contributed by atoms with Crippen LogP contribution in [0.3, 0.4) is 0 Å². The SMILES string of the molecule is C=CCOC(=O)CCC(=O)O.CC(N)S(=O)(=O)O. The topological polar surface area (TPSA) is 144 Å². The third kappa shape index (κ3) is 14.6. The van der Waals surface area contributed by atoms with E-state index in [-0.39, 0.29) is 19.4 Å². The molecule has 0 aliphatic heterocycles. The fourth-order valence-electron chi connectivity index (χ4n) is 0.433. The van der Waals surface area contributed by atoms with E-state index in [4.69, 9.17) is 15.4 Å². The van der Waals surface area contributed by atoms with Crippen molar-refractivity contribution in [3.8, 4) is 0 Å². The first kappa shape index (κ1) is 18.9. The van der Waals surface area contributed by atoms with Crippen molar-refractivity contribution in [2.45, 2.75) is 25.1 Å². The Morgan fingerprint density at radius 2 is 1.89 bits per heavy atom. The van der Waals surface area contributed by atoms with Gasteiger partial charge in [-0.1, -0.05) is 12.7 Å². The molecule has 4 N–H and O–H groups in total. The number of hydrogen-bond donors (Lipinski definition) is 3. The Labute approximate surface area is 105 Å². The summed E-state index contributed by atoms with van der Waals surface area (Å²) in [4.78, 5) is 20.5. The first-order chi connectivity index (χ1) is 8.11. The zero-order valence-electron chi connectivity index (χ0n) is 9.90. The third-order valence-electron chi connectivity index (χ3n) is 1.37. The zero-order valence-corrected chi connectivity index (χ0v) is 10.7. The van der Waals surface area contributed by atoms with Gasteiger partial charge in [0.1, 0.15) is 12.0 Å². The van der Waals surface area contributed by atoms with Crippen LogP contribution >= 0.6 is 0 Å². The lowest BCUT2D eigenvalue weighted by Gasteiger charge is -1.98. The van der Waals surface area contributed by atoms with Gasteiger partial charge in [-0.3, -0.25) is 14.1 Å². The number of nitrogens with two attached hydrogens (primary N) is 1. The number of aliphatic carboxylic acids is 1. The van der Waals surface area contributed by atoms with E-state index < -0.39 is 27.4 Å². The highest BCUT2D eigenvalue weighted by atomic mass is 32.2. The van der Waals surface area contributed by atoms with Gasteiger partial charge in [-0.2, -0.15) is 8.42 Å². The average molecular weight is 283 g/mol. The number of ether oxygens (including phenoxy) is 1. The molecule has 0 aromatic rings. The van der Waals surface area contributed by atoms with E-state index in [1.165, 1.54) is 13.0 Å². The number of carboxylic acid groups (broad SMARTS) is 1. The lowest BCUT2D eigenvalue weighted by molar-refractivity contribution is -0.146. The van der Waals surface area contributed by atoms with E-state index in [9.17, 15) is 18.0 Å². The van der Waals surface area contributed by atoms with Crippen LogP contribution < -0.4 is 5.73 Å². The van der Waals surface area contributed by atoms with Crippen molar-refractivity contribution in [3.05, 3.63) is 12.7 Å². The molecule has 0 saturated heterocycles. The van der Waals surface area contributed by atoms with Gasteiger partial charge in [-0.25, -0.2) is 0 Å². The van der Waals surface area contributed by atoms with Crippen LogP contribution in [0.2, 0.25) is 0 Å². The van der Waals surface area contributed by atoms with Crippen LogP contribution in [0.5, 0.6) is 0 Å². The van der Waals surface area contributed by atoms with Crippen molar-refractivity contribution in [2.75, 3.05) is 6.61 Å². The van der Waals surface area contributed by atoms with Gasteiger partial charge in [0.05, 0.1) is 12.8 Å². The van der Waals surface area contributed by atoms with Gasteiger partial charge in [0, 0.05) is 0 Å². The van der Waals surface area contributed by atoms with Crippen LogP contribution in [0.1, 0.15) is 19.8 Å². The Morgan fingerprint density at radius 1 is 1.44 bits per heavy atom. The van der Waals surface area contributed by atoms with Crippen LogP contribution in [0.25, 0.3) is 0 Å². The molecular formula is C9H17NO7S. The zero-order chi connectivity index (χ0) is 14.8. The predicted molar refractivity (Wildman–Crippen MR) is 63.2 cm³/mol. The van der Waals surface area contributed by atoms with Crippen molar-refractivity contribution < 1.29 is 32.4 Å². The molecule has 0 bridgehead atoms. The van der Waals surface area contributed by atoms with Gasteiger partial charge < -0.3 is 15.6 Å². The summed E-state index contributed by atoms with van der Waals surface area (Å²) in [7, 11) is -3.96. The van der Waals surface area contributed by atoms with Crippen LogP contribution in [0.15, 0.2) is 12.7 Å². The smallest absolute Gasteiger partial charge is 0.306 e. The molecule has 0 aliphatic rings. The standard InChI is InChI=1S/C7H10O4.C2H7NO3S/c1-2-5-11-7(10)4-3-6(8)9;1-2(3)7(4,5)6/h2H,1,3-5H2,(H,8,9);2H,3H2,1H3,(H,4,5,6). The van der Waals surface area contributed by atoms with Crippen molar-refractivity contribution in [1.29, 1.82) is 0 Å². The maximum atomic E-state index is 10.6. The van der Waals surface area contributed by atoms with E-state index >= 15 is 0 Å². The highest BCUT2D eigenvalue weighted by molar-refractivity contribution is 7.86. The second-order valence-corrected chi connectivity index (χ2v) is 4.86. The fourth-order valence-corrected chi connectivity index (χ4v) is 0.433. The van der Waals surface area contributed by atoms with Crippen molar-refractivity contribution in [1.82, 2.24) is 0 Å². The molecule has 0 spiro atoms. The molecule has 0 aromatic carbocycles. The van der Waals surface area contributed by atoms with Gasteiger partial charge in [0.15, 0.2) is 0 Å². The molecule has 0 amide bonds. The summed E-state index contributed by atoms with van der Waals surface area (Å²) >= 11 is 0. The maximum absolute atomic E-state index is 10.6. The highest BCUT2D eigenvalue weighted by Gasteiger charge is 2.09. The molecule has 106 valence electrons. The molecule has 18 heavy (non-hydrogen) atoms. The largest absolute Gasteiger partial charge is 0.481 e. The first-order valence-electron chi connectivity index (χ1n) is 4.81. The van der Waals surface area contributed by atoms with Crippen LogP contribution in [-0.2, 0) is 24.4 Å². The lowest BCUT2D eigenvalue weighted by atomic mass is 10.3. The number of esters is 1. The highest BCUT2D eigenvalue weighted by Crippen LogP contribution is 1.92. The Balaban J connectivity index is 0. The van der Waals surface area contributed by atoms with E-state index in [2.05, 4.69) is 11.3 Å². The number of carbonyl (C=O) groups is 2. The Hall–Kier alpha value is -1.45. The minimum absolute atomic E-state index is 0.0802. The van der Waals surface area contributed by atoms with Gasteiger partial charge in [-0.05, 0) is 6.92 Å². The monoisotopic (exact) mass is 283 g/mol. The molecule has 8 nitrogen and oxygen atoms in total. The summed E-state index contributed by atoms with van der Waals surface area (Å²) < 4.78 is 32.0. The predicted octanol–water partition coefficient (Wildman–Crippen LogP) is -0.241. The Bertz CT molecular complexity index is 374.